The number of carbonyl (C=O) groups is 2. The molecule has 0 bridgehead atoms. The van der Waals surface area contributed by atoms with Gasteiger partial charge >= 0.3 is 5.97 Å². The molecule has 108 valence electrons. The molecule has 0 spiro atoms. The van der Waals surface area contributed by atoms with Crippen molar-refractivity contribution in [1.82, 2.24) is 5.32 Å². The van der Waals surface area contributed by atoms with Gasteiger partial charge in [0.05, 0.1) is 11.1 Å². The van der Waals surface area contributed by atoms with E-state index in [1.807, 2.05) is 0 Å². The standard InChI is InChI=1S/C15H18FNO3/c1-15(6-2-3-7-15)9-17-13(18)11-5-4-10(14(19)20)8-12(11)16/h4-5,8H,2-3,6-7,9H2,1H3,(H,17,18)(H,19,20). The number of carboxylic acids is 1. The van der Waals surface area contributed by atoms with E-state index >= 15 is 0 Å². The smallest absolute Gasteiger partial charge is 0.335 e. The molecule has 20 heavy (non-hydrogen) atoms. The Morgan fingerprint density at radius 1 is 1.35 bits per heavy atom. The predicted octanol–water partition coefficient (Wildman–Crippen LogP) is 2.83. The number of hydrogen-bond donors (Lipinski definition) is 2. The van der Waals surface area contributed by atoms with Crippen LogP contribution in [0.15, 0.2) is 18.2 Å². The quantitative estimate of drug-likeness (QED) is 0.890. The zero-order valence-electron chi connectivity index (χ0n) is 11.4. The van der Waals surface area contributed by atoms with E-state index in [4.69, 9.17) is 5.11 Å². The molecule has 0 heterocycles. The fraction of sp³-hybridized carbons (Fsp3) is 0.467. The molecule has 5 heteroatoms. The zero-order valence-corrected chi connectivity index (χ0v) is 11.4. The average molecular weight is 279 g/mol. The molecule has 2 N–H and O–H groups in total. The molecule has 1 aromatic carbocycles. The fourth-order valence-corrected chi connectivity index (χ4v) is 2.63. The normalized spacial score (nSPS) is 16.9. The lowest BCUT2D eigenvalue weighted by molar-refractivity contribution is 0.0695. The molecule has 0 saturated heterocycles. The second-order valence-corrected chi connectivity index (χ2v) is 5.70. The molecule has 1 fully saturated rings. The number of hydrogen-bond acceptors (Lipinski definition) is 2. The van der Waals surface area contributed by atoms with E-state index in [1.165, 1.54) is 12.1 Å². The third-order valence-electron chi connectivity index (χ3n) is 3.95. The Kier molecular flexibility index (Phi) is 4.06. The van der Waals surface area contributed by atoms with Crippen LogP contribution in [0.25, 0.3) is 0 Å². The summed E-state index contributed by atoms with van der Waals surface area (Å²) in [6, 6.07) is 3.32. The molecule has 2 rings (SSSR count). The van der Waals surface area contributed by atoms with E-state index in [1.54, 1.807) is 0 Å². The van der Waals surface area contributed by atoms with Crippen molar-refractivity contribution in [1.29, 1.82) is 0 Å². The van der Waals surface area contributed by atoms with Crippen molar-refractivity contribution in [3.8, 4) is 0 Å². The number of rotatable bonds is 4. The maximum absolute atomic E-state index is 13.7. The Balaban J connectivity index is 2.04. The minimum atomic E-state index is -1.21. The number of benzene rings is 1. The van der Waals surface area contributed by atoms with Crippen molar-refractivity contribution in [2.45, 2.75) is 32.6 Å². The highest BCUT2D eigenvalue weighted by molar-refractivity contribution is 5.96. The Labute approximate surface area is 117 Å². The van der Waals surface area contributed by atoms with Crippen LogP contribution >= 0.6 is 0 Å². The Hall–Kier alpha value is -1.91. The lowest BCUT2D eigenvalue weighted by atomic mass is 9.89. The van der Waals surface area contributed by atoms with Gasteiger partial charge in [0, 0.05) is 6.54 Å². The molecule has 1 amide bonds. The van der Waals surface area contributed by atoms with Gasteiger partial charge in [-0.05, 0) is 36.5 Å². The van der Waals surface area contributed by atoms with Crippen LogP contribution in [0.2, 0.25) is 0 Å². The summed E-state index contributed by atoms with van der Waals surface area (Å²) in [7, 11) is 0. The minimum Gasteiger partial charge on any atom is -0.478 e. The van der Waals surface area contributed by atoms with Crippen LogP contribution in [-0.4, -0.2) is 23.5 Å². The van der Waals surface area contributed by atoms with Crippen LogP contribution in [-0.2, 0) is 0 Å². The number of amides is 1. The highest BCUT2D eigenvalue weighted by Crippen LogP contribution is 2.36. The van der Waals surface area contributed by atoms with Gasteiger partial charge < -0.3 is 10.4 Å². The molecule has 1 aliphatic carbocycles. The van der Waals surface area contributed by atoms with E-state index in [0.717, 1.165) is 31.7 Å². The van der Waals surface area contributed by atoms with Gasteiger partial charge in [-0.1, -0.05) is 19.8 Å². The SMILES string of the molecule is CC1(CNC(=O)c2ccc(C(=O)O)cc2F)CCCC1. The summed E-state index contributed by atoms with van der Waals surface area (Å²) >= 11 is 0. The topological polar surface area (TPSA) is 66.4 Å². The number of carboxylic acid groups (broad SMARTS) is 1. The molecule has 4 nitrogen and oxygen atoms in total. The number of carbonyl (C=O) groups excluding carboxylic acids is 1. The highest BCUT2D eigenvalue weighted by atomic mass is 19.1. The van der Waals surface area contributed by atoms with Gasteiger partial charge in [-0.3, -0.25) is 4.79 Å². The first-order valence-corrected chi connectivity index (χ1v) is 6.72. The Morgan fingerprint density at radius 2 is 2.00 bits per heavy atom. The van der Waals surface area contributed by atoms with Gasteiger partial charge in [-0.25, -0.2) is 9.18 Å². The molecule has 1 saturated carbocycles. The summed E-state index contributed by atoms with van der Waals surface area (Å²) in [4.78, 5) is 22.7. The van der Waals surface area contributed by atoms with Crippen LogP contribution in [0.1, 0.15) is 53.3 Å². The molecule has 0 aliphatic heterocycles. The summed E-state index contributed by atoms with van der Waals surface area (Å²) in [5, 5.41) is 11.5. The van der Waals surface area contributed by atoms with E-state index in [2.05, 4.69) is 12.2 Å². The lowest BCUT2D eigenvalue weighted by Gasteiger charge is -2.23. The van der Waals surface area contributed by atoms with Crippen molar-refractivity contribution in [3.05, 3.63) is 35.1 Å². The molecule has 1 aromatic rings. The Morgan fingerprint density at radius 3 is 2.55 bits per heavy atom. The second-order valence-electron chi connectivity index (χ2n) is 5.70. The first-order chi connectivity index (χ1) is 9.41. The van der Waals surface area contributed by atoms with Crippen molar-refractivity contribution in [2.24, 2.45) is 5.41 Å². The first kappa shape index (κ1) is 14.5. The van der Waals surface area contributed by atoms with Gasteiger partial charge in [0.2, 0.25) is 0 Å². The van der Waals surface area contributed by atoms with Gasteiger partial charge in [-0.2, -0.15) is 0 Å². The van der Waals surface area contributed by atoms with Crippen molar-refractivity contribution < 1.29 is 19.1 Å². The minimum absolute atomic E-state index is 0.0904. The van der Waals surface area contributed by atoms with E-state index in [-0.39, 0.29) is 16.5 Å². The summed E-state index contributed by atoms with van der Waals surface area (Å²) in [6.45, 7) is 2.64. The molecular weight excluding hydrogens is 261 g/mol. The van der Waals surface area contributed by atoms with Crippen molar-refractivity contribution in [3.63, 3.8) is 0 Å². The first-order valence-electron chi connectivity index (χ1n) is 6.72. The molecule has 0 unspecified atom stereocenters. The van der Waals surface area contributed by atoms with Crippen molar-refractivity contribution in [2.75, 3.05) is 6.54 Å². The van der Waals surface area contributed by atoms with E-state index < -0.39 is 17.7 Å². The van der Waals surface area contributed by atoms with E-state index in [0.29, 0.717) is 6.54 Å². The third-order valence-corrected chi connectivity index (χ3v) is 3.95. The van der Waals surface area contributed by atoms with Gasteiger partial charge in [0.25, 0.3) is 5.91 Å². The molecule has 1 aliphatic rings. The predicted molar refractivity (Wildman–Crippen MR) is 72.3 cm³/mol. The maximum atomic E-state index is 13.7. The number of nitrogens with one attached hydrogen (secondary N) is 1. The van der Waals surface area contributed by atoms with Crippen LogP contribution in [0, 0.1) is 11.2 Å². The number of halogens is 1. The molecule has 0 radical (unpaired) electrons. The second kappa shape index (κ2) is 5.61. The fourth-order valence-electron chi connectivity index (χ4n) is 2.63. The molecule has 0 atom stereocenters. The van der Waals surface area contributed by atoms with Crippen LogP contribution < -0.4 is 5.32 Å². The van der Waals surface area contributed by atoms with Crippen LogP contribution in [0.5, 0.6) is 0 Å². The Bertz CT molecular complexity index is 536. The maximum Gasteiger partial charge on any atom is 0.335 e. The van der Waals surface area contributed by atoms with Gasteiger partial charge in [-0.15, -0.1) is 0 Å². The molecule has 0 aromatic heterocycles. The van der Waals surface area contributed by atoms with E-state index in [9.17, 15) is 14.0 Å². The highest BCUT2D eigenvalue weighted by Gasteiger charge is 2.29. The number of aromatic carboxylic acids is 1. The third kappa shape index (κ3) is 3.15. The summed E-state index contributed by atoms with van der Waals surface area (Å²) in [6.07, 6.45) is 4.45. The summed E-state index contributed by atoms with van der Waals surface area (Å²) in [5.74, 6) is -2.51. The van der Waals surface area contributed by atoms with Gasteiger partial charge in [0.1, 0.15) is 5.82 Å². The monoisotopic (exact) mass is 279 g/mol. The zero-order chi connectivity index (χ0) is 14.8. The van der Waals surface area contributed by atoms with Crippen LogP contribution in [0.4, 0.5) is 4.39 Å². The molecular formula is C15H18FNO3. The average Bonchev–Trinajstić information content (AvgIpc) is 2.83. The summed E-state index contributed by atoms with van der Waals surface area (Å²) < 4.78 is 13.7. The largest absolute Gasteiger partial charge is 0.478 e. The van der Waals surface area contributed by atoms with Crippen LogP contribution in [0.3, 0.4) is 0 Å². The lowest BCUT2D eigenvalue weighted by Crippen LogP contribution is -2.34. The summed E-state index contributed by atoms with van der Waals surface area (Å²) in [5.41, 5.74) is -0.189. The van der Waals surface area contributed by atoms with Crippen molar-refractivity contribution >= 4 is 11.9 Å². The van der Waals surface area contributed by atoms with Gasteiger partial charge in [0.15, 0.2) is 0 Å².